The number of aryl methyl sites for hydroxylation is 1. The van der Waals surface area contributed by atoms with Crippen molar-refractivity contribution >= 4 is 11.0 Å². The van der Waals surface area contributed by atoms with Gasteiger partial charge in [-0.15, -0.1) is 0 Å². The number of benzene rings is 1. The molecule has 1 fully saturated rings. The molecule has 2 aromatic rings. The molecule has 6 heteroatoms. The lowest BCUT2D eigenvalue weighted by atomic mass is 10.1. The summed E-state index contributed by atoms with van der Waals surface area (Å²) >= 11 is 0. The Morgan fingerprint density at radius 1 is 1.50 bits per heavy atom. The van der Waals surface area contributed by atoms with Gasteiger partial charge in [-0.3, -0.25) is 4.79 Å². The molecule has 0 amide bonds. The van der Waals surface area contributed by atoms with Crippen LogP contribution in [0, 0.1) is 5.82 Å². The van der Waals surface area contributed by atoms with Crippen LogP contribution in [0.5, 0.6) is 0 Å². The maximum Gasteiger partial charge on any atom is 0.270 e. The number of hydrogen-bond donors (Lipinski definition) is 2. The predicted octanol–water partition coefficient (Wildman–Crippen LogP) is 1.29. The second-order valence-electron chi connectivity index (χ2n) is 4.82. The van der Waals surface area contributed by atoms with Crippen LogP contribution in [0.15, 0.2) is 16.9 Å². The fourth-order valence-corrected chi connectivity index (χ4v) is 2.41. The van der Waals surface area contributed by atoms with Crippen LogP contribution in [0.3, 0.4) is 0 Å². The molecule has 0 radical (unpaired) electrons. The zero-order valence-corrected chi connectivity index (χ0v) is 11.2. The maximum absolute atomic E-state index is 14.2. The Morgan fingerprint density at radius 3 is 3.05 bits per heavy atom. The summed E-state index contributed by atoms with van der Waals surface area (Å²) in [5.74, 6) is -0.354. The minimum atomic E-state index is -0.354. The number of aromatic amines is 1. The minimum absolute atomic E-state index is 0.222. The van der Waals surface area contributed by atoms with E-state index in [1.54, 1.807) is 6.07 Å². The molecule has 0 spiro atoms. The lowest BCUT2D eigenvalue weighted by molar-refractivity contribution is 0.0256. The van der Waals surface area contributed by atoms with Gasteiger partial charge in [0.25, 0.3) is 5.56 Å². The fraction of sp³-hybridized carbons (Fsp3) is 0.429. The summed E-state index contributed by atoms with van der Waals surface area (Å²) in [6.07, 6.45) is 0.187. The average molecular weight is 277 g/mol. The molecule has 0 saturated carbocycles. The van der Waals surface area contributed by atoms with E-state index in [9.17, 15) is 9.18 Å². The molecule has 1 saturated heterocycles. The van der Waals surface area contributed by atoms with Crippen molar-refractivity contribution in [3.05, 3.63) is 39.6 Å². The predicted molar refractivity (Wildman–Crippen MR) is 73.3 cm³/mol. The van der Waals surface area contributed by atoms with Crippen LogP contribution >= 0.6 is 0 Å². The number of nitrogens with zero attached hydrogens (tertiary/aromatic N) is 1. The van der Waals surface area contributed by atoms with E-state index in [0.717, 1.165) is 6.54 Å². The standard InChI is InChI=1S/C14H16FN3O2/c1-2-10-14(19)18-11-5-8(9(15)6-12(11)17-10)13-7-16-3-4-20-13/h5-6,13,16H,2-4,7H2,1H3,(H,18,19). The molecule has 3 rings (SSSR count). The fourth-order valence-electron chi connectivity index (χ4n) is 2.41. The highest BCUT2D eigenvalue weighted by atomic mass is 19.1. The SMILES string of the molecule is CCc1nc2cc(F)c(C3CNCCO3)cc2[nH]c1=O. The monoisotopic (exact) mass is 277 g/mol. The molecule has 0 bridgehead atoms. The zero-order chi connectivity index (χ0) is 14.1. The van der Waals surface area contributed by atoms with Crippen LogP contribution in [0.1, 0.15) is 24.3 Å². The normalized spacial score (nSPS) is 19.4. The number of rotatable bonds is 2. The van der Waals surface area contributed by atoms with E-state index < -0.39 is 0 Å². The number of fused-ring (bicyclic) bond motifs is 1. The summed E-state index contributed by atoms with van der Waals surface area (Å²) in [6, 6.07) is 2.98. The molecule has 1 aliphatic rings. The Bertz CT molecular complexity index is 693. The van der Waals surface area contributed by atoms with Gasteiger partial charge in [0.15, 0.2) is 0 Å². The molecule has 1 aromatic heterocycles. The molecule has 20 heavy (non-hydrogen) atoms. The van der Waals surface area contributed by atoms with Gasteiger partial charge in [-0.1, -0.05) is 6.92 Å². The molecule has 106 valence electrons. The molecule has 2 heterocycles. The van der Waals surface area contributed by atoms with Gasteiger partial charge in [0.05, 0.1) is 23.7 Å². The minimum Gasteiger partial charge on any atom is -0.371 e. The average Bonchev–Trinajstić information content (AvgIpc) is 2.47. The molecule has 1 atom stereocenters. The van der Waals surface area contributed by atoms with Crippen molar-refractivity contribution in [1.82, 2.24) is 15.3 Å². The number of hydrogen-bond acceptors (Lipinski definition) is 4. The molecule has 2 N–H and O–H groups in total. The summed E-state index contributed by atoms with van der Waals surface area (Å²) in [7, 11) is 0. The van der Waals surface area contributed by atoms with E-state index in [1.807, 2.05) is 6.92 Å². The first kappa shape index (κ1) is 13.2. The van der Waals surface area contributed by atoms with Gasteiger partial charge in [-0.25, -0.2) is 9.37 Å². The third-order valence-electron chi connectivity index (χ3n) is 3.49. The van der Waals surface area contributed by atoms with Crippen molar-refractivity contribution in [3.8, 4) is 0 Å². The Morgan fingerprint density at radius 2 is 2.35 bits per heavy atom. The summed E-state index contributed by atoms with van der Waals surface area (Å²) in [5.41, 5.74) is 1.65. The van der Waals surface area contributed by atoms with E-state index in [2.05, 4.69) is 15.3 Å². The Hall–Kier alpha value is -1.79. The van der Waals surface area contributed by atoms with Gasteiger partial charge in [0.2, 0.25) is 0 Å². The summed E-state index contributed by atoms with van der Waals surface area (Å²) < 4.78 is 19.8. The third-order valence-corrected chi connectivity index (χ3v) is 3.49. The highest BCUT2D eigenvalue weighted by molar-refractivity contribution is 5.75. The smallest absolute Gasteiger partial charge is 0.270 e. The summed E-state index contributed by atoms with van der Waals surface area (Å²) in [5, 5.41) is 3.16. The van der Waals surface area contributed by atoms with Crippen molar-refractivity contribution in [3.63, 3.8) is 0 Å². The molecular formula is C14H16FN3O2. The molecule has 0 aliphatic carbocycles. The zero-order valence-electron chi connectivity index (χ0n) is 11.2. The van der Waals surface area contributed by atoms with Gasteiger partial charge in [-0.2, -0.15) is 0 Å². The van der Waals surface area contributed by atoms with Gasteiger partial charge in [0, 0.05) is 24.7 Å². The van der Waals surface area contributed by atoms with Crippen LogP contribution in [0.2, 0.25) is 0 Å². The highest BCUT2D eigenvalue weighted by Gasteiger charge is 2.20. The lowest BCUT2D eigenvalue weighted by Gasteiger charge is -2.24. The van der Waals surface area contributed by atoms with Crippen LogP contribution in [-0.2, 0) is 11.2 Å². The first-order valence-electron chi connectivity index (χ1n) is 6.73. The number of ether oxygens (including phenoxy) is 1. The first-order chi connectivity index (χ1) is 9.69. The van der Waals surface area contributed by atoms with Gasteiger partial charge < -0.3 is 15.0 Å². The number of halogens is 1. The van der Waals surface area contributed by atoms with E-state index in [4.69, 9.17) is 4.74 Å². The Balaban J connectivity index is 2.10. The van der Waals surface area contributed by atoms with E-state index >= 15 is 0 Å². The topological polar surface area (TPSA) is 67.0 Å². The van der Waals surface area contributed by atoms with Crippen LogP contribution in [-0.4, -0.2) is 29.7 Å². The van der Waals surface area contributed by atoms with E-state index in [1.165, 1.54) is 6.07 Å². The summed E-state index contributed by atoms with van der Waals surface area (Å²) in [4.78, 5) is 18.7. The van der Waals surface area contributed by atoms with Crippen molar-refractivity contribution in [2.45, 2.75) is 19.4 Å². The summed E-state index contributed by atoms with van der Waals surface area (Å²) in [6.45, 7) is 3.72. The number of H-pyrrole nitrogens is 1. The Kier molecular flexibility index (Phi) is 3.50. The third kappa shape index (κ3) is 2.32. The van der Waals surface area contributed by atoms with Crippen LogP contribution in [0.25, 0.3) is 11.0 Å². The van der Waals surface area contributed by atoms with Crippen LogP contribution in [0.4, 0.5) is 4.39 Å². The van der Waals surface area contributed by atoms with Gasteiger partial charge in [-0.05, 0) is 12.5 Å². The second kappa shape index (κ2) is 5.30. The molecule has 1 aliphatic heterocycles. The van der Waals surface area contributed by atoms with E-state index in [-0.39, 0.29) is 17.5 Å². The lowest BCUT2D eigenvalue weighted by Crippen LogP contribution is -2.33. The van der Waals surface area contributed by atoms with Gasteiger partial charge in [0.1, 0.15) is 11.5 Å². The largest absolute Gasteiger partial charge is 0.371 e. The van der Waals surface area contributed by atoms with Crippen molar-refractivity contribution in [1.29, 1.82) is 0 Å². The van der Waals surface area contributed by atoms with Crippen LogP contribution < -0.4 is 10.9 Å². The van der Waals surface area contributed by atoms with E-state index in [0.29, 0.717) is 41.9 Å². The second-order valence-corrected chi connectivity index (χ2v) is 4.82. The number of morpholine rings is 1. The molecule has 1 aromatic carbocycles. The number of nitrogens with one attached hydrogen (secondary N) is 2. The van der Waals surface area contributed by atoms with Crippen molar-refractivity contribution in [2.24, 2.45) is 0 Å². The van der Waals surface area contributed by atoms with Crippen molar-refractivity contribution < 1.29 is 9.13 Å². The van der Waals surface area contributed by atoms with Gasteiger partial charge >= 0.3 is 0 Å². The first-order valence-corrected chi connectivity index (χ1v) is 6.73. The quantitative estimate of drug-likeness (QED) is 0.868. The Labute approximate surface area is 115 Å². The molecule has 5 nitrogen and oxygen atoms in total. The molecule has 1 unspecified atom stereocenters. The van der Waals surface area contributed by atoms with Crippen molar-refractivity contribution in [2.75, 3.05) is 19.7 Å². The maximum atomic E-state index is 14.2. The number of aromatic nitrogens is 2. The highest BCUT2D eigenvalue weighted by Crippen LogP contribution is 2.25. The molecular weight excluding hydrogens is 261 g/mol.